The zero-order valence-electron chi connectivity index (χ0n) is 18.3. The van der Waals surface area contributed by atoms with Crippen LogP contribution in [0.2, 0.25) is 0 Å². The molecule has 0 spiro atoms. The van der Waals surface area contributed by atoms with E-state index in [1.165, 1.54) is 54.4 Å². The van der Waals surface area contributed by atoms with Crippen LogP contribution in [-0.2, 0) is 10.5 Å². The Bertz CT molecular complexity index is 1220. The van der Waals surface area contributed by atoms with Crippen LogP contribution in [0.4, 0.5) is 5.69 Å². The molecule has 11 heteroatoms. The van der Waals surface area contributed by atoms with Gasteiger partial charge in [0.25, 0.3) is 17.5 Å². The Balaban J connectivity index is 1.67. The van der Waals surface area contributed by atoms with Gasteiger partial charge >= 0.3 is 0 Å². The molecule has 0 heterocycles. The number of amides is 2. The highest BCUT2D eigenvalue weighted by atomic mass is 32.2. The topological polar surface area (TPSA) is 154 Å². The predicted octanol–water partition coefficient (Wildman–Crippen LogP) is 3.19. The first-order valence-corrected chi connectivity index (χ1v) is 11.5. The summed E-state index contributed by atoms with van der Waals surface area (Å²) in [6.07, 6.45) is 1.21. The summed E-state index contributed by atoms with van der Waals surface area (Å²) in [6, 6.07) is 17.6. The maximum absolute atomic E-state index is 12.8. The van der Waals surface area contributed by atoms with Gasteiger partial charge in [-0.25, -0.2) is 5.43 Å². The van der Waals surface area contributed by atoms with E-state index in [0.717, 1.165) is 11.6 Å². The number of carbonyl (C=O) groups is 2. The van der Waals surface area contributed by atoms with Crippen molar-refractivity contribution in [1.29, 1.82) is 0 Å². The Hall–Kier alpha value is -4.38. The van der Waals surface area contributed by atoms with Gasteiger partial charge in [-0.05, 0) is 29.8 Å². The van der Waals surface area contributed by atoms with Crippen molar-refractivity contribution in [1.82, 2.24) is 10.7 Å². The lowest BCUT2D eigenvalue weighted by Gasteiger charge is -2.17. The lowest BCUT2D eigenvalue weighted by molar-refractivity contribution is -0.384. The molecule has 0 aromatic heterocycles. The second-order valence-corrected chi connectivity index (χ2v) is 8.34. The molecular formula is C24H22N4O6S. The molecule has 0 fully saturated rings. The van der Waals surface area contributed by atoms with Crippen molar-refractivity contribution in [3.05, 3.63) is 99.6 Å². The number of non-ortho nitro benzene ring substituents is 1. The summed E-state index contributed by atoms with van der Waals surface area (Å²) < 4.78 is 0. The molecule has 0 aliphatic carbocycles. The van der Waals surface area contributed by atoms with Crippen LogP contribution in [0.3, 0.4) is 0 Å². The first-order valence-electron chi connectivity index (χ1n) is 10.4. The third kappa shape index (κ3) is 7.57. The van der Waals surface area contributed by atoms with Crippen LogP contribution in [-0.4, -0.2) is 45.0 Å². The van der Waals surface area contributed by atoms with Crippen molar-refractivity contribution in [2.75, 3.05) is 5.75 Å². The molecule has 4 N–H and O–H groups in total. The summed E-state index contributed by atoms with van der Waals surface area (Å²) in [5.41, 5.74) is 3.68. The van der Waals surface area contributed by atoms with E-state index in [9.17, 15) is 29.9 Å². The quantitative estimate of drug-likeness (QED) is 0.192. The van der Waals surface area contributed by atoms with Gasteiger partial charge in [-0.15, -0.1) is 0 Å². The second kappa shape index (κ2) is 12.2. The zero-order chi connectivity index (χ0) is 25.2. The van der Waals surface area contributed by atoms with Gasteiger partial charge in [-0.1, -0.05) is 30.3 Å². The summed E-state index contributed by atoms with van der Waals surface area (Å²) in [5.74, 6) is -0.643. The molecule has 35 heavy (non-hydrogen) atoms. The molecule has 180 valence electrons. The molecule has 0 unspecified atom stereocenters. The van der Waals surface area contributed by atoms with Gasteiger partial charge in [0, 0.05) is 40.8 Å². The molecule has 0 bridgehead atoms. The largest absolute Gasteiger partial charge is 0.508 e. The lowest BCUT2D eigenvalue weighted by atomic mass is 10.2. The standard InChI is InChI=1S/C24H22N4O6S/c29-20-11-8-18(22(30)12-20)13-25-27-24(32)21(15-35-14-16-4-2-1-3-5-16)26-23(31)17-6-9-19(10-7-17)28(33)34/h1-13,21,29-30H,14-15H2,(H,26,31)(H,27,32)/b25-13-/t21-/m0/s1. The lowest BCUT2D eigenvalue weighted by Crippen LogP contribution is -2.47. The molecule has 2 amide bonds. The van der Waals surface area contributed by atoms with Crippen molar-refractivity contribution < 1.29 is 24.7 Å². The van der Waals surface area contributed by atoms with Crippen LogP contribution in [0.15, 0.2) is 77.9 Å². The number of nitro groups is 1. The highest BCUT2D eigenvalue weighted by Gasteiger charge is 2.22. The molecular weight excluding hydrogens is 472 g/mol. The van der Waals surface area contributed by atoms with E-state index in [2.05, 4.69) is 15.8 Å². The van der Waals surface area contributed by atoms with Crippen molar-refractivity contribution >= 4 is 35.5 Å². The Labute approximate surface area is 204 Å². The third-order valence-corrected chi connectivity index (χ3v) is 5.86. The van der Waals surface area contributed by atoms with Gasteiger partial charge in [-0.3, -0.25) is 19.7 Å². The van der Waals surface area contributed by atoms with E-state index in [4.69, 9.17) is 0 Å². The van der Waals surface area contributed by atoms with Gasteiger partial charge in [0.05, 0.1) is 11.1 Å². The number of nitrogens with one attached hydrogen (secondary N) is 2. The Morgan fingerprint density at radius 1 is 1.06 bits per heavy atom. The average Bonchev–Trinajstić information content (AvgIpc) is 2.85. The molecule has 0 saturated carbocycles. The minimum Gasteiger partial charge on any atom is -0.508 e. The van der Waals surface area contributed by atoms with Crippen LogP contribution >= 0.6 is 11.8 Å². The summed E-state index contributed by atoms with van der Waals surface area (Å²) in [4.78, 5) is 35.7. The van der Waals surface area contributed by atoms with E-state index in [-0.39, 0.29) is 34.1 Å². The third-order valence-electron chi connectivity index (χ3n) is 4.75. The highest BCUT2D eigenvalue weighted by Crippen LogP contribution is 2.20. The van der Waals surface area contributed by atoms with E-state index in [0.29, 0.717) is 5.75 Å². The number of hydrogen-bond donors (Lipinski definition) is 4. The fourth-order valence-corrected chi connectivity index (χ4v) is 3.93. The van der Waals surface area contributed by atoms with Crippen LogP contribution in [0.1, 0.15) is 21.5 Å². The summed E-state index contributed by atoms with van der Waals surface area (Å²) in [7, 11) is 0. The monoisotopic (exact) mass is 494 g/mol. The molecule has 0 aliphatic heterocycles. The maximum Gasteiger partial charge on any atom is 0.269 e. The van der Waals surface area contributed by atoms with Gasteiger partial charge in [-0.2, -0.15) is 16.9 Å². The zero-order valence-corrected chi connectivity index (χ0v) is 19.1. The Kier molecular flexibility index (Phi) is 8.79. The minimum atomic E-state index is -0.961. The number of nitro benzene ring substituents is 1. The Morgan fingerprint density at radius 2 is 1.77 bits per heavy atom. The smallest absolute Gasteiger partial charge is 0.269 e. The number of rotatable bonds is 10. The van der Waals surface area contributed by atoms with Crippen molar-refractivity contribution in [2.45, 2.75) is 11.8 Å². The van der Waals surface area contributed by atoms with E-state index in [1.807, 2.05) is 30.3 Å². The predicted molar refractivity (Wildman–Crippen MR) is 132 cm³/mol. The molecule has 0 aliphatic rings. The molecule has 3 aromatic carbocycles. The number of thioether (sulfide) groups is 1. The fourth-order valence-electron chi connectivity index (χ4n) is 2.91. The van der Waals surface area contributed by atoms with Crippen LogP contribution < -0.4 is 10.7 Å². The summed E-state index contributed by atoms with van der Waals surface area (Å²) in [5, 5.41) is 36.5. The number of nitrogens with zero attached hydrogens (tertiary/aromatic N) is 2. The van der Waals surface area contributed by atoms with Crippen molar-refractivity contribution in [3.63, 3.8) is 0 Å². The van der Waals surface area contributed by atoms with Crippen LogP contribution in [0.25, 0.3) is 0 Å². The van der Waals surface area contributed by atoms with Crippen LogP contribution in [0, 0.1) is 10.1 Å². The molecule has 1 atom stereocenters. The summed E-state index contributed by atoms with van der Waals surface area (Å²) >= 11 is 1.44. The number of hydrogen-bond acceptors (Lipinski definition) is 8. The van der Waals surface area contributed by atoms with Crippen LogP contribution in [0.5, 0.6) is 11.5 Å². The van der Waals surface area contributed by atoms with Gasteiger partial charge in [0.15, 0.2) is 0 Å². The number of phenols is 2. The maximum atomic E-state index is 12.8. The average molecular weight is 495 g/mol. The van der Waals surface area contributed by atoms with Crippen molar-refractivity contribution in [2.24, 2.45) is 5.10 Å². The number of phenolic OH excluding ortho intramolecular Hbond substituents is 2. The van der Waals surface area contributed by atoms with E-state index in [1.54, 1.807) is 0 Å². The van der Waals surface area contributed by atoms with E-state index < -0.39 is 22.8 Å². The number of aromatic hydroxyl groups is 2. The molecule has 10 nitrogen and oxygen atoms in total. The molecule has 0 saturated heterocycles. The van der Waals surface area contributed by atoms with Gasteiger partial charge in [0.1, 0.15) is 17.5 Å². The number of hydrazone groups is 1. The SMILES string of the molecule is O=C(N[C@@H](CSCc1ccccc1)C(=O)N/N=C\c1ccc(O)cc1O)c1ccc([N+](=O)[O-])cc1. The molecule has 0 radical (unpaired) electrons. The van der Waals surface area contributed by atoms with Gasteiger partial charge < -0.3 is 15.5 Å². The normalized spacial score (nSPS) is 11.7. The first kappa shape index (κ1) is 25.2. The van der Waals surface area contributed by atoms with E-state index >= 15 is 0 Å². The number of carbonyl (C=O) groups excluding carboxylic acids is 2. The first-order chi connectivity index (χ1) is 16.8. The molecule has 3 aromatic rings. The number of benzene rings is 3. The Morgan fingerprint density at radius 3 is 2.43 bits per heavy atom. The van der Waals surface area contributed by atoms with Gasteiger partial charge in [0.2, 0.25) is 0 Å². The summed E-state index contributed by atoms with van der Waals surface area (Å²) in [6.45, 7) is 0. The minimum absolute atomic E-state index is 0.117. The second-order valence-electron chi connectivity index (χ2n) is 7.31. The fraction of sp³-hybridized carbons (Fsp3) is 0.125. The molecule has 3 rings (SSSR count). The highest BCUT2D eigenvalue weighted by molar-refractivity contribution is 7.98. The van der Waals surface area contributed by atoms with Crippen molar-refractivity contribution in [3.8, 4) is 11.5 Å².